The van der Waals surface area contributed by atoms with Gasteiger partial charge in [0.05, 0.1) is 0 Å². The van der Waals surface area contributed by atoms with E-state index in [0.29, 0.717) is 10.8 Å². The average molecular weight is 193 g/mol. The number of hydrogen-bond donors (Lipinski definition) is 1. The summed E-state index contributed by atoms with van der Waals surface area (Å²) >= 11 is 0. The molecular weight excluding hydrogens is 170 g/mol. The number of nitrogens with two attached hydrogens (primary N) is 1. The smallest absolute Gasteiger partial charge is 0.0340 e. The van der Waals surface area contributed by atoms with E-state index < -0.39 is 0 Å². The van der Waals surface area contributed by atoms with Gasteiger partial charge in [0, 0.05) is 5.54 Å². The van der Waals surface area contributed by atoms with Gasteiger partial charge in [0.15, 0.2) is 0 Å². The normalized spacial score (nSPS) is 28.0. The van der Waals surface area contributed by atoms with E-state index in [2.05, 4.69) is 32.9 Å². The summed E-state index contributed by atoms with van der Waals surface area (Å²) in [5.74, 6) is 0. The minimum atomic E-state index is 0.0912. The predicted molar refractivity (Wildman–Crippen MR) is 61.0 cm³/mol. The first-order valence-corrected chi connectivity index (χ1v) is 5.84. The molecule has 80 valence electrons. The monoisotopic (exact) mass is 193 g/mol. The van der Waals surface area contributed by atoms with E-state index in [4.69, 9.17) is 5.73 Å². The molecule has 0 aromatic rings. The van der Waals surface area contributed by atoms with Crippen LogP contribution in [0, 0.1) is 10.8 Å². The predicted octanol–water partition coefficient (Wildman–Crippen LogP) is 3.25. The molecule has 1 nitrogen and oxygen atoms in total. The molecule has 0 aromatic carbocycles. The molecule has 0 spiro atoms. The number of rotatable bonds is 3. The number of allylic oxidation sites excluding steroid dienone is 1. The third kappa shape index (κ3) is 1.88. The van der Waals surface area contributed by atoms with Gasteiger partial charge in [-0.3, -0.25) is 0 Å². The van der Waals surface area contributed by atoms with Crippen LogP contribution in [-0.4, -0.2) is 5.54 Å². The lowest BCUT2D eigenvalue weighted by Gasteiger charge is -2.30. The van der Waals surface area contributed by atoms with Crippen molar-refractivity contribution in [3.05, 3.63) is 12.2 Å². The topological polar surface area (TPSA) is 26.0 Å². The van der Waals surface area contributed by atoms with Gasteiger partial charge in [0.1, 0.15) is 0 Å². The van der Waals surface area contributed by atoms with Crippen molar-refractivity contribution >= 4 is 0 Å². The maximum Gasteiger partial charge on any atom is 0.0340 e. The van der Waals surface area contributed by atoms with Crippen molar-refractivity contribution in [2.75, 3.05) is 0 Å². The van der Waals surface area contributed by atoms with E-state index in [9.17, 15) is 0 Å². The van der Waals surface area contributed by atoms with E-state index in [1.54, 1.807) is 0 Å². The summed E-state index contributed by atoms with van der Waals surface area (Å²) in [6.07, 6.45) is 11.0. The first-order valence-electron chi connectivity index (χ1n) is 5.84. The van der Waals surface area contributed by atoms with Crippen LogP contribution in [0.3, 0.4) is 0 Å². The van der Waals surface area contributed by atoms with Gasteiger partial charge in [-0.1, -0.05) is 32.9 Å². The van der Waals surface area contributed by atoms with Gasteiger partial charge in [0.25, 0.3) is 0 Å². The minimum absolute atomic E-state index is 0.0912. The van der Waals surface area contributed by atoms with Gasteiger partial charge in [-0.25, -0.2) is 0 Å². The second-order valence-corrected chi connectivity index (χ2v) is 6.37. The Morgan fingerprint density at radius 2 is 1.71 bits per heavy atom. The summed E-state index contributed by atoms with van der Waals surface area (Å²) in [6.45, 7) is 7.09. The molecule has 2 rings (SSSR count). The zero-order valence-electron chi connectivity index (χ0n) is 9.77. The highest BCUT2D eigenvalue weighted by molar-refractivity contribution is 5.17. The molecule has 0 unspecified atom stereocenters. The van der Waals surface area contributed by atoms with Gasteiger partial charge in [-0.2, -0.15) is 0 Å². The van der Waals surface area contributed by atoms with Gasteiger partial charge in [-0.15, -0.1) is 0 Å². The summed E-state index contributed by atoms with van der Waals surface area (Å²) in [7, 11) is 0. The van der Waals surface area contributed by atoms with Gasteiger partial charge >= 0.3 is 0 Å². The molecule has 2 aliphatic rings. The summed E-state index contributed by atoms with van der Waals surface area (Å²) in [5.41, 5.74) is 7.16. The summed E-state index contributed by atoms with van der Waals surface area (Å²) in [5, 5.41) is 0. The van der Waals surface area contributed by atoms with Crippen LogP contribution in [0.1, 0.15) is 52.9 Å². The molecule has 0 radical (unpaired) electrons. The maximum atomic E-state index is 6.02. The van der Waals surface area contributed by atoms with E-state index in [-0.39, 0.29) is 5.54 Å². The zero-order valence-corrected chi connectivity index (χ0v) is 9.77. The Hall–Kier alpha value is -0.300. The molecule has 0 heterocycles. The highest BCUT2D eigenvalue weighted by atomic mass is 14.8. The largest absolute Gasteiger partial charge is 0.322 e. The van der Waals surface area contributed by atoms with Gasteiger partial charge in [0.2, 0.25) is 0 Å². The van der Waals surface area contributed by atoms with Crippen LogP contribution >= 0.6 is 0 Å². The molecule has 14 heavy (non-hydrogen) atoms. The SMILES string of the molecule is CC(C)(C)C1(CC=CC2(N)CC2)CC1. The Balaban J connectivity index is 1.89. The van der Waals surface area contributed by atoms with Crippen molar-refractivity contribution in [3.63, 3.8) is 0 Å². The summed E-state index contributed by atoms with van der Waals surface area (Å²) in [6, 6.07) is 0. The molecule has 0 bridgehead atoms. The van der Waals surface area contributed by atoms with Crippen LogP contribution in [0.25, 0.3) is 0 Å². The van der Waals surface area contributed by atoms with Crippen LogP contribution in [0.15, 0.2) is 12.2 Å². The third-order valence-corrected chi connectivity index (χ3v) is 4.23. The van der Waals surface area contributed by atoms with Crippen molar-refractivity contribution in [2.45, 2.75) is 58.4 Å². The fraction of sp³-hybridized carbons (Fsp3) is 0.846. The van der Waals surface area contributed by atoms with E-state index >= 15 is 0 Å². The van der Waals surface area contributed by atoms with Crippen LogP contribution in [0.2, 0.25) is 0 Å². The molecule has 1 heteroatoms. The minimum Gasteiger partial charge on any atom is -0.322 e. The summed E-state index contributed by atoms with van der Waals surface area (Å²) in [4.78, 5) is 0. The molecule has 2 aliphatic carbocycles. The average Bonchev–Trinajstić information content (AvgIpc) is 2.88. The molecule has 2 fully saturated rings. The molecule has 0 amide bonds. The van der Waals surface area contributed by atoms with Gasteiger partial charge < -0.3 is 5.73 Å². The lowest BCUT2D eigenvalue weighted by Crippen LogP contribution is -2.22. The molecule has 0 aromatic heterocycles. The second-order valence-electron chi connectivity index (χ2n) is 6.37. The standard InChI is InChI=1S/C13H23N/c1-11(2,3)12(7-8-12)5-4-6-13(14)9-10-13/h4,6H,5,7-10,14H2,1-3H3. The molecule has 2 saturated carbocycles. The maximum absolute atomic E-state index is 6.02. The molecular formula is C13H23N. The van der Waals surface area contributed by atoms with Crippen molar-refractivity contribution in [1.29, 1.82) is 0 Å². The Bertz CT molecular complexity index is 249. The van der Waals surface area contributed by atoms with E-state index in [1.807, 2.05) is 0 Å². The molecule has 0 aliphatic heterocycles. The number of hydrogen-bond acceptors (Lipinski definition) is 1. The highest BCUT2D eigenvalue weighted by Crippen LogP contribution is 2.61. The Morgan fingerprint density at radius 3 is 2.07 bits per heavy atom. The van der Waals surface area contributed by atoms with Crippen LogP contribution in [0.4, 0.5) is 0 Å². The fourth-order valence-corrected chi connectivity index (χ4v) is 2.24. The van der Waals surface area contributed by atoms with Crippen molar-refractivity contribution in [1.82, 2.24) is 0 Å². The Kier molecular flexibility index (Phi) is 2.08. The summed E-state index contributed by atoms with van der Waals surface area (Å²) < 4.78 is 0. The first-order chi connectivity index (χ1) is 6.37. The molecule has 0 saturated heterocycles. The Labute approximate surface area is 87.8 Å². The first kappa shape index (κ1) is 10.2. The molecule has 2 N–H and O–H groups in total. The quantitative estimate of drug-likeness (QED) is 0.684. The molecule has 0 atom stereocenters. The van der Waals surface area contributed by atoms with Crippen LogP contribution < -0.4 is 5.73 Å². The second kappa shape index (κ2) is 2.85. The van der Waals surface area contributed by atoms with Crippen molar-refractivity contribution in [2.24, 2.45) is 16.6 Å². The zero-order chi connectivity index (χ0) is 10.4. The fourth-order valence-electron chi connectivity index (χ4n) is 2.24. The van der Waals surface area contributed by atoms with Crippen LogP contribution in [-0.2, 0) is 0 Å². The van der Waals surface area contributed by atoms with Crippen LogP contribution in [0.5, 0.6) is 0 Å². The van der Waals surface area contributed by atoms with Crippen molar-refractivity contribution < 1.29 is 0 Å². The third-order valence-electron chi connectivity index (χ3n) is 4.23. The lowest BCUT2D eigenvalue weighted by molar-refractivity contribution is 0.216. The van der Waals surface area contributed by atoms with E-state index in [1.165, 1.54) is 32.1 Å². The Morgan fingerprint density at radius 1 is 1.14 bits per heavy atom. The van der Waals surface area contributed by atoms with Gasteiger partial charge in [-0.05, 0) is 42.9 Å². The van der Waals surface area contributed by atoms with Crippen molar-refractivity contribution in [3.8, 4) is 0 Å². The van der Waals surface area contributed by atoms with E-state index in [0.717, 1.165) is 0 Å². The highest BCUT2D eigenvalue weighted by Gasteiger charge is 2.50. The lowest BCUT2D eigenvalue weighted by atomic mass is 9.75.